The molecule has 2 aromatic heterocycles. The molecule has 2 heterocycles. The molecule has 0 spiro atoms. The monoisotopic (exact) mass is 305 g/mol. The van der Waals surface area contributed by atoms with Crippen molar-refractivity contribution in [2.75, 3.05) is 5.32 Å². The number of halogens is 2. The number of aryl methyl sites for hydroxylation is 1. The Balaban J connectivity index is 1.97. The molecule has 9 heteroatoms. The Hall–Kier alpha value is -2.61. The number of benzene rings is 1. The lowest BCUT2D eigenvalue weighted by atomic mass is 10.2. The molecule has 0 atom stereocenters. The maximum absolute atomic E-state index is 13.3. The predicted octanol–water partition coefficient (Wildman–Crippen LogP) is 2.30. The lowest BCUT2D eigenvalue weighted by molar-refractivity contribution is 0.628. The van der Waals surface area contributed by atoms with Gasteiger partial charge in [0.25, 0.3) is 5.95 Å². The molecule has 0 bridgehead atoms. The van der Waals surface area contributed by atoms with Gasteiger partial charge in [-0.25, -0.2) is 9.37 Å². The summed E-state index contributed by atoms with van der Waals surface area (Å²) in [6.07, 6.45) is 2.78. The number of anilines is 2. The normalized spacial score (nSPS) is 10.6. The van der Waals surface area contributed by atoms with E-state index >= 15 is 0 Å². The fraction of sp³-hybridized carbons (Fsp3) is 0.0833. The molecule has 0 fully saturated rings. The summed E-state index contributed by atoms with van der Waals surface area (Å²) >= 11 is 5.87. The Labute approximate surface area is 123 Å². The van der Waals surface area contributed by atoms with Gasteiger partial charge in [0, 0.05) is 5.69 Å². The Morgan fingerprint density at radius 2 is 2.10 bits per heavy atom. The minimum atomic E-state index is -0.361. The Morgan fingerprint density at radius 1 is 1.24 bits per heavy atom. The predicted molar refractivity (Wildman–Crippen MR) is 74.2 cm³/mol. The third-order valence-electron chi connectivity index (χ3n) is 2.67. The Morgan fingerprint density at radius 3 is 2.86 bits per heavy atom. The number of hydrogen-bond acceptors (Lipinski definition) is 6. The van der Waals surface area contributed by atoms with Gasteiger partial charge in [-0.15, -0.1) is 0 Å². The first-order chi connectivity index (χ1) is 10.1. The lowest BCUT2D eigenvalue weighted by Gasteiger charge is -2.09. The zero-order valence-electron chi connectivity index (χ0n) is 10.8. The van der Waals surface area contributed by atoms with E-state index in [0.717, 1.165) is 5.56 Å². The van der Waals surface area contributed by atoms with Crippen LogP contribution in [0, 0.1) is 12.7 Å². The van der Waals surface area contributed by atoms with E-state index in [2.05, 4.69) is 30.4 Å². The summed E-state index contributed by atoms with van der Waals surface area (Å²) < 4.78 is 14.6. The number of hydrogen-bond donors (Lipinski definition) is 1. The topological polar surface area (TPSA) is 81.4 Å². The van der Waals surface area contributed by atoms with Crippen molar-refractivity contribution >= 4 is 23.2 Å². The third kappa shape index (κ3) is 2.95. The largest absolute Gasteiger partial charge is 0.324 e. The molecule has 106 valence electrons. The second kappa shape index (κ2) is 5.41. The molecule has 21 heavy (non-hydrogen) atoms. The van der Waals surface area contributed by atoms with Crippen LogP contribution < -0.4 is 5.32 Å². The molecule has 0 aliphatic rings. The molecule has 0 aliphatic heterocycles. The lowest BCUT2D eigenvalue weighted by Crippen LogP contribution is -2.07. The highest BCUT2D eigenvalue weighted by atomic mass is 35.5. The van der Waals surface area contributed by atoms with Gasteiger partial charge in [-0.3, -0.25) is 0 Å². The van der Waals surface area contributed by atoms with Gasteiger partial charge in [-0.1, -0.05) is 6.07 Å². The fourth-order valence-corrected chi connectivity index (χ4v) is 1.81. The van der Waals surface area contributed by atoms with Gasteiger partial charge in [0.15, 0.2) is 0 Å². The van der Waals surface area contributed by atoms with Crippen LogP contribution in [0.15, 0.2) is 30.9 Å². The maximum Gasteiger partial charge on any atom is 0.258 e. The molecule has 3 rings (SSSR count). The van der Waals surface area contributed by atoms with E-state index in [0.29, 0.717) is 5.69 Å². The van der Waals surface area contributed by atoms with Crippen LogP contribution in [0.1, 0.15) is 5.56 Å². The fourth-order valence-electron chi connectivity index (χ4n) is 1.66. The summed E-state index contributed by atoms with van der Waals surface area (Å²) in [6, 6.07) is 4.38. The standard InChI is InChI=1S/C12H9ClFN7/c1-7-2-3-8(14)4-9(7)17-11-18-10(13)19-12(20-11)21-6-15-5-16-21/h2-6H,1H3,(H,17,18,19,20). The van der Waals surface area contributed by atoms with Crippen molar-refractivity contribution in [2.24, 2.45) is 0 Å². The van der Waals surface area contributed by atoms with Crippen LogP contribution in [0.25, 0.3) is 5.95 Å². The van der Waals surface area contributed by atoms with Crippen molar-refractivity contribution in [2.45, 2.75) is 6.92 Å². The molecule has 0 saturated heterocycles. The first-order valence-electron chi connectivity index (χ1n) is 5.91. The molecular weight excluding hydrogens is 297 g/mol. The van der Waals surface area contributed by atoms with Crippen molar-refractivity contribution in [3.63, 3.8) is 0 Å². The molecule has 7 nitrogen and oxygen atoms in total. The third-order valence-corrected chi connectivity index (χ3v) is 2.84. The second-order valence-corrected chi connectivity index (χ2v) is 4.49. The molecule has 1 aromatic carbocycles. The molecule has 0 radical (unpaired) electrons. The van der Waals surface area contributed by atoms with Crippen LogP contribution in [-0.2, 0) is 0 Å². The molecule has 0 amide bonds. The highest BCUT2D eigenvalue weighted by Gasteiger charge is 2.09. The minimum absolute atomic E-state index is 0.00736. The maximum atomic E-state index is 13.3. The van der Waals surface area contributed by atoms with E-state index in [1.165, 1.54) is 29.5 Å². The van der Waals surface area contributed by atoms with Gasteiger partial charge in [-0.2, -0.15) is 24.7 Å². The highest BCUT2D eigenvalue weighted by Crippen LogP contribution is 2.20. The van der Waals surface area contributed by atoms with Crippen molar-refractivity contribution in [3.05, 3.63) is 47.5 Å². The summed E-state index contributed by atoms with van der Waals surface area (Å²) in [5, 5.41) is 6.81. The van der Waals surface area contributed by atoms with Crippen LogP contribution in [0.3, 0.4) is 0 Å². The average molecular weight is 306 g/mol. The summed E-state index contributed by atoms with van der Waals surface area (Å²) in [5.74, 6) is 0.0398. The molecule has 0 aliphatic carbocycles. The summed E-state index contributed by atoms with van der Waals surface area (Å²) in [6.45, 7) is 1.84. The van der Waals surface area contributed by atoms with Gasteiger partial charge in [0.05, 0.1) is 0 Å². The smallest absolute Gasteiger partial charge is 0.258 e. The summed E-state index contributed by atoms with van der Waals surface area (Å²) in [4.78, 5) is 15.9. The minimum Gasteiger partial charge on any atom is -0.324 e. The summed E-state index contributed by atoms with van der Waals surface area (Å²) in [7, 11) is 0. The molecule has 0 saturated carbocycles. The van der Waals surface area contributed by atoms with Gasteiger partial charge in [0.2, 0.25) is 11.2 Å². The van der Waals surface area contributed by atoms with E-state index in [-0.39, 0.29) is 23.0 Å². The van der Waals surface area contributed by atoms with Crippen LogP contribution in [0.2, 0.25) is 5.28 Å². The van der Waals surface area contributed by atoms with Crippen molar-refractivity contribution in [1.29, 1.82) is 0 Å². The number of nitrogens with one attached hydrogen (secondary N) is 1. The zero-order chi connectivity index (χ0) is 14.8. The average Bonchev–Trinajstić information content (AvgIpc) is 2.96. The molecular formula is C12H9ClFN7. The van der Waals surface area contributed by atoms with Crippen LogP contribution >= 0.6 is 11.6 Å². The number of aromatic nitrogens is 6. The van der Waals surface area contributed by atoms with Gasteiger partial charge < -0.3 is 5.32 Å². The molecule has 3 aromatic rings. The number of nitrogens with zero attached hydrogens (tertiary/aromatic N) is 6. The zero-order valence-corrected chi connectivity index (χ0v) is 11.6. The molecule has 0 unspecified atom stereocenters. The second-order valence-electron chi connectivity index (χ2n) is 4.15. The Bertz CT molecular complexity index is 775. The molecule has 1 N–H and O–H groups in total. The first-order valence-corrected chi connectivity index (χ1v) is 6.29. The highest BCUT2D eigenvalue weighted by molar-refractivity contribution is 6.28. The van der Waals surface area contributed by atoms with E-state index < -0.39 is 0 Å². The van der Waals surface area contributed by atoms with Gasteiger partial charge >= 0.3 is 0 Å². The van der Waals surface area contributed by atoms with E-state index in [9.17, 15) is 4.39 Å². The van der Waals surface area contributed by atoms with Gasteiger partial charge in [-0.05, 0) is 36.2 Å². The Kier molecular flexibility index (Phi) is 3.44. The van der Waals surface area contributed by atoms with Crippen molar-refractivity contribution in [3.8, 4) is 5.95 Å². The van der Waals surface area contributed by atoms with Crippen LogP contribution in [-0.4, -0.2) is 29.7 Å². The van der Waals surface area contributed by atoms with Crippen LogP contribution in [0.4, 0.5) is 16.0 Å². The quantitative estimate of drug-likeness (QED) is 0.799. The van der Waals surface area contributed by atoms with Crippen LogP contribution in [0.5, 0.6) is 0 Å². The first kappa shape index (κ1) is 13.4. The SMILES string of the molecule is Cc1ccc(F)cc1Nc1nc(Cl)nc(-n2cncn2)n1. The van der Waals surface area contributed by atoms with E-state index in [4.69, 9.17) is 11.6 Å². The van der Waals surface area contributed by atoms with E-state index in [1.54, 1.807) is 6.07 Å². The van der Waals surface area contributed by atoms with Crippen molar-refractivity contribution in [1.82, 2.24) is 29.7 Å². The van der Waals surface area contributed by atoms with Crippen molar-refractivity contribution < 1.29 is 4.39 Å². The number of rotatable bonds is 3. The van der Waals surface area contributed by atoms with E-state index in [1.807, 2.05) is 6.92 Å². The van der Waals surface area contributed by atoms with Gasteiger partial charge in [0.1, 0.15) is 18.5 Å². The summed E-state index contributed by atoms with van der Waals surface area (Å²) in [5.41, 5.74) is 1.39.